The standard InChI is InChI=1S/C30H34N2O8S/c1-6-7-19-14-22(31-17-33)10-13-24(19)40-27(20-15-25(37-5)28-26(16-20)38-18-39-28)29(34)32-41(35,36)23-11-8-21(9-12-23)30(2,3)4/h8-17,27H,6-7,18H2,1-5H3,(H,31,33)(H,32,34). The number of rotatable bonds is 11. The van der Waals surface area contributed by atoms with Crippen LogP contribution in [0.2, 0.25) is 0 Å². The van der Waals surface area contributed by atoms with Gasteiger partial charge in [-0.05, 0) is 65.4 Å². The molecule has 11 heteroatoms. The van der Waals surface area contributed by atoms with Gasteiger partial charge in [0, 0.05) is 11.3 Å². The van der Waals surface area contributed by atoms with Gasteiger partial charge in [-0.25, -0.2) is 13.1 Å². The van der Waals surface area contributed by atoms with Gasteiger partial charge in [-0.15, -0.1) is 0 Å². The number of anilines is 1. The van der Waals surface area contributed by atoms with Gasteiger partial charge in [-0.3, -0.25) is 9.59 Å². The first-order chi connectivity index (χ1) is 19.5. The summed E-state index contributed by atoms with van der Waals surface area (Å²) in [5.41, 5.74) is 2.36. The number of aryl methyl sites for hydroxylation is 1. The van der Waals surface area contributed by atoms with Gasteiger partial charge in [0.2, 0.25) is 25.1 Å². The molecule has 0 aromatic heterocycles. The highest BCUT2D eigenvalue weighted by Gasteiger charge is 2.32. The summed E-state index contributed by atoms with van der Waals surface area (Å²) in [4.78, 5) is 24.6. The average Bonchev–Trinajstić information content (AvgIpc) is 3.40. The summed E-state index contributed by atoms with van der Waals surface area (Å²) in [6, 6.07) is 14.5. The molecule has 218 valence electrons. The summed E-state index contributed by atoms with van der Waals surface area (Å²) in [5, 5.41) is 2.61. The van der Waals surface area contributed by atoms with E-state index < -0.39 is 22.0 Å². The van der Waals surface area contributed by atoms with Crippen LogP contribution in [0.25, 0.3) is 0 Å². The molecule has 1 atom stereocenters. The van der Waals surface area contributed by atoms with Crippen molar-refractivity contribution in [3.63, 3.8) is 0 Å². The fraction of sp³-hybridized carbons (Fsp3) is 0.333. The van der Waals surface area contributed by atoms with Crippen LogP contribution in [-0.2, 0) is 31.4 Å². The molecular weight excluding hydrogens is 548 g/mol. The van der Waals surface area contributed by atoms with Crippen molar-refractivity contribution in [3.8, 4) is 23.0 Å². The van der Waals surface area contributed by atoms with E-state index >= 15 is 0 Å². The lowest BCUT2D eigenvalue weighted by Gasteiger charge is -2.22. The predicted molar refractivity (Wildman–Crippen MR) is 153 cm³/mol. The van der Waals surface area contributed by atoms with Gasteiger partial charge in [0.15, 0.2) is 11.5 Å². The maximum Gasteiger partial charge on any atom is 0.279 e. The molecule has 0 saturated heterocycles. The molecule has 0 aliphatic carbocycles. The third kappa shape index (κ3) is 6.74. The van der Waals surface area contributed by atoms with E-state index in [1.165, 1.54) is 19.2 Å². The number of amides is 2. The Hall–Kier alpha value is -4.25. The quantitative estimate of drug-likeness (QED) is 0.307. The van der Waals surface area contributed by atoms with Crippen LogP contribution in [-0.4, -0.2) is 34.6 Å². The third-order valence-corrected chi connectivity index (χ3v) is 7.90. The van der Waals surface area contributed by atoms with Crippen molar-refractivity contribution in [1.29, 1.82) is 0 Å². The molecule has 0 saturated carbocycles. The Morgan fingerprint density at radius 1 is 1.05 bits per heavy atom. The first-order valence-corrected chi connectivity index (χ1v) is 14.6. The van der Waals surface area contributed by atoms with E-state index in [2.05, 4.69) is 10.0 Å². The van der Waals surface area contributed by atoms with Gasteiger partial charge in [0.25, 0.3) is 15.9 Å². The highest BCUT2D eigenvalue weighted by atomic mass is 32.2. The number of fused-ring (bicyclic) bond motifs is 1. The first-order valence-electron chi connectivity index (χ1n) is 13.1. The number of methoxy groups -OCH3 is 1. The molecular formula is C30H34N2O8S. The molecule has 3 aromatic rings. The lowest BCUT2D eigenvalue weighted by atomic mass is 9.87. The van der Waals surface area contributed by atoms with E-state index in [1.807, 2.05) is 27.7 Å². The van der Waals surface area contributed by atoms with Crippen LogP contribution in [0.4, 0.5) is 5.69 Å². The molecule has 1 unspecified atom stereocenters. The van der Waals surface area contributed by atoms with E-state index in [9.17, 15) is 18.0 Å². The van der Waals surface area contributed by atoms with Gasteiger partial charge in [0.05, 0.1) is 12.0 Å². The van der Waals surface area contributed by atoms with Crippen molar-refractivity contribution in [2.24, 2.45) is 0 Å². The van der Waals surface area contributed by atoms with Crippen molar-refractivity contribution >= 4 is 28.0 Å². The molecule has 1 heterocycles. The largest absolute Gasteiger partial charge is 0.493 e. The van der Waals surface area contributed by atoms with Crippen LogP contribution in [0.5, 0.6) is 23.0 Å². The Kier molecular flexibility index (Phi) is 8.77. The van der Waals surface area contributed by atoms with Crippen LogP contribution in [0, 0.1) is 0 Å². The molecule has 2 N–H and O–H groups in total. The normalized spacial score (nSPS) is 13.3. The number of benzene rings is 3. The molecule has 1 aliphatic rings. The third-order valence-electron chi connectivity index (χ3n) is 6.54. The zero-order valence-electron chi connectivity index (χ0n) is 23.6. The Morgan fingerprint density at radius 3 is 2.41 bits per heavy atom. The Bertz CT molecular complexity index is 1530. The molecule has 0 spiro atoms. The van der Waals surface area contributed by atoms with Crippen molar-refractivity contribution in [2.75, 3.05) is 19.2 Å². The fourth-order valence-electron chi connectivity index (χ4n) is 4.40. The number of nitrogens with one attached hydrogen (secondary N) is 2. The number of ether oxygens (including phenoxy) is 4. The first kappa shape index (κ1) is 29.7. The lowest BCUT2D eigenvalue weighted by molar-refractivity contribution is -0.126. The second-order valence-corrected chi connectivity index (χ2v) is 12.2. The smallest absolute Gasteiger partial charge is 0.279 e. The fourth-order valence-corrected chi connectivity index (χ4v) is 5.38. The number of hydrogen-bond donors (Lipinski definition) is 2. The van der Waals surface area contributed by atoms with Crippen LogP contribution in [0.15, 0.2) is 59.5 Å². The molecule has 1 aliphatic heterocycles. The van der Waals surface area contributed by atoms with Crippen LogP contribution < -0.4 is 29.0 Å². The summed E-state index contributed by atoms with van der Waals surface area (Å²) in [5.74, 6) is 0.449. The second kappa shape index (κ2) is 12.1. The van der Waals surface area contributed by atoms with E-state index in [0.29, 0.717) is 47.1 Å². The number of carbonyl (C=O) groups excluding carboxylic acids is 2. The zero-order valence-corrected chi connectivity index (χ0v) is 24.5. The van der Waals surface area contributed by atoms with Gasteiger partial charge in [-0.2, -0.15) is 0 Å². The summed E-state index contributed by atoms with van der Waals surface area (Å²) in [6.45, 7) is 8.02. The lowest BCUT2D eigenvalue weighted by Crippen LogP contribution is -2.37. The van der Waals surface area contributed by atoms with Crippen molar-refractivity contribution in [3.05, 3.63) is 71.3 Å². The maximum absolute atomic E-state index is 13.7. The summed E-state index contributed by atoms with van der Waals surface area (Å²) in [7, 11) is -2.80. The predicted octanol–water partition coefficient (Wildman–Crippen LogP) is 4.87. The van der Waals surface area contributed by atoms with Crippen molar-refractivity contribution < 1.29 is 37.0 Å². The van der Waals surface area contributed by atoms with Gasteiger partial charge in [0.1, 0.15) is 5.75 Å². The van der Waals surface area contributed by atoms with Crippen LogP contribution in [0.1, 0.15) is 56.9 Å². The minimum Gasteiger partial charge on any atom is -0.493 e. The molecule has 3 aromatic carbocycles. The number of hydrogen-bond acceptors (Lipinski definition) is 8. The Labute approximate surface area is 240 Å². The molecule has 41 heavy (non-hydrogen) atoms. The average molecular weight is 583 g/mol. The van der Waals surface area contributed by atoms with Gasteiger partial charge < -0.3 is 24.3 Å². The summed E-state index contributed by atoms with van der Waals surface area (Å²) >= 11 is 0. The Balaban J connectivity index is 1.73. The number of sulfonamides is 1. The Morgan fingerprint density at radius 2 is 1.78 bits per heavy atom. The monoisotopic (exact) mass is 582 g/mol. The van der Waals surface area contributed by atoms with E-state index in [-0.39, 0.29) is 17.1 Å². The number of carbonyl (C=O) groups is 2. The minimum absolute atomic E-state index is 0.0301. The van der Waals surface area contributed by atoms with E-state index in [0.717, 1.165) is 17.5 Å². The van der Waals surface area contributed by atoms with Crippen molar-refractivity contribution in [2.45, 2.75) is 57.0 Å². The highest BCUT2D eigenvalue weighted by Crippen LogP contribution is 2.44. The zero-order chi connectivity index (χ0) is 29.8. The van der Waals surface area contributed by atoms with Crippen LogP contribution in [0.3, 0.4) is 0 Å². The van der Waals surface area contributed by atoms with E-state index in [1.54, 1.807) is 42.5 Å². The molecule has 10 nitrogen and oxygen atoms in total. The molecule has 0 bridgehead atoms. The van der Waals surface area contributed by atoms with Gasteiger partial charge in [-0.1, -0.05) is 46.2 Å². The minimum atomic E-state index is -4.24. The molecule has 2 amide bonds. The van der Waals surface area contributed by atoms with E-state index in [4.69, 9.17) is 18.9 Å². The second-order valence-electron chi connectivity index (χ2n) is 10.5. The SMILES string of the molecule is CCCc1cc(NC=O)ccc1OC(C(=O)NS(=O)(=O)c1ccc(C(C)(C)C)cc1)c1cc(OC)c2c(c1)OCO2. The van der Waals surface area contributed by atoms with Gasteiger partial charge >= 0.3 is 0 Å². The summed E-state index contributed by atoms with van der Waals surface area (Å²) in [6.07, 6.45) is 0.497. The molecule has 4 rings (SSSR count). The van der Waals surface area contributed by atoms with Crippen LogP contribution >= 0.6 is 0 Å². The topological polar surface area (TPSA) is 129 Å². The summed E-state index contributed by atoms with van der Waals surface area (Å²) < 4.78 is 51.4. The maximum atomic E-state index is 13.7. The molecule has 0 radical (unpaired) electrons. The highest BCUT2D eigenvalue weighted by molar-refractivity contribution is 7.90. The van der Waals surface area contributed by atoms with Crippen molar-refractivity contribution in [1.82, 2.24) is 4.72 Å². The molecule has 0 fully saturated rings.